The van der Waals surface area contributed by atoms with Gasteiger partial charge in [0.05, 0.1) is 34.5 Å². The Labute approximate surface area is 264 Å². The lowest BCUT2D eigenvalue weighted by molar-refractivity contribution is -0.138. The van der Waals surface area contributed by atoms with Crippen molar-refractivity contribution in [3.8, 4) is 22.9 Å². The summed E-state index contributed by atoms with van der Waals surface area (Å²) >= 11 is 5.32. The van der Waals surface area contributed by atoms with E-state index in [-0.39, 0.29) is 22.1 Å². The third-order valence-corrected chi connectivity index (χ3v) is 7.91. The van der Waals surface area contributed by atoms with Crippen molar-refractivity contribution in [2.45, 2.75) is 85.7 Å². The van der Waals surface area contributed by atoms with Crippen molar-refractivity contribution in [2.75, 3.05) is 11.5 Å². The number of aryl methyl sites for hydroxylation is 1. The molecule has 1 amide bonds. The first-order valence-corrected chi connectivity index (χ1v) is 15.3. The molecule has 0 saturated heterocycles. The van der Waals surface area contributed by atoms with E-state index in [4.69, 9.17) is 17.0 Å². The lowest BCUT2D eigenvalue weighted by atomic mass is 9.84. The summed E-state index contributed by atoms with van der Waals surface area (Å²) in [6, 6.07) is 14.3. The molecule has 0 radical (unpaired) electrons. The number of unbranched alkanes of at least 4 members (excludes halogenated alkanes) is 3. The number of pyridine rings is 1. The first-order valence-electron chi connectivity index (χ1n) is 14.9. The third-order valence-electron chi connectivity index (χ3n) is 7.73. The molecule has 3 aromatic rings. The van der Waals surface area contributed by atoms with E-state index < -0.39 is 22.7 Å². The summed E-state index contributed by atoms with van der Waals surface area (Å²) in [6.07, 6.45) is 4.81. The van der Waals surface area contributed by atoms with E-state index in [1.165, 1.54) is 35.9 Å². The molecule has 0 fully saturated rings. The molecule has 0 aliphatic rings. The number of halogens is 3. The van der Waals surface area contributed by atoms with Crippen LogP contribution in [0.25, 0.3) is 11.1 Å². The van der Waals surface area contributed by atoms with E-state index in [2.05, 4.69) is 24.0 Å². The van der Waals surface area contributed by atoms with Gasteiger partial charge in [0.1, 0.15) is 5.75 Å². The lowest BCUT2D eigenvalue weighted by Crippen LogP contribution is -2.43. The summed E-state index contributed by atoms with van der Waals surface area (Å²) in [6.45, 7) is 9.11. The van der Waals surface area contributed by atoms with Gasteiger partial charge in [-0.05, 0) is 91.8 Å². The molecular formula is C35H40F3N3O2S. The standard InChI is InChI=1S/C35H40F3N3O2S/c1-6-11-27-22-29(13-14-30(27)26-16-19-40-20-17-26)43-21-10-8-7-9-18-34(4,5)33(42)41(25(3)44)31-15-12-28(23-39)32(24(31)2)35(36,37)38/h12-17,19-20,22H,6-11,18,21H2,1-5H3. The number of nitriles is 1. The van der Waals surface area contributed by atoms with Crippen molar-refractivity contribution in [3.63, 3.8) is 0 Å². The van der Waals surface area contributed by atoms with E-state index in [9.17, 15) is 23.2 Å². The van der Waals surface area contributed by atoms with E-state index >= 15 is 0 Å². The van der Waals surface area contributed by atoms with Gasteiger partial charge in [-0.25, -0.2) is 0 Å². The normalized spacial score (nSPS) is 11.6. The zero-order chi connectivity index (χ0) is 32.5. The largest absolute Gasteiger partial charge is 0.494 e. The van der Waals surface area contributed by atoms with Crippen molar-refractivity contribution < 1.29 is 22.7 Å². The van der Waals surface area contributed by atoms with Crippen LogP contribution in [0.5, 0.6) is 5.75 Å². The fraction of sp³-hybridized carbons (Fsp3) is 0.429. The van der Waals surface area contributed by atoms with Crippen LogP contribution < -0.4 is 9.64 Å². The number of aromatic nitrogens is 1. The van der Waals surface area contributed by atoms with E-state index in [1.54, 1.807) is 32.3 Å². The number of nitrogens with zero attached hydrogens (tertiary/aromatic N) is 3. The van der Waals surface area contributed by atoms with Crippen molar-refractivity contribution in [3.05, 3.63) is 77.1 Å². The van der Waals surface area contributed by atoms with Gasteiger partial charge >= 0.3 is 6.18 Å². The summed E-state index contributed by atoms with van der Waals surface area (Å²) in [5.74, 6) is 0.479. The zero-order valence-electron chi connectivity index (χ0n) is 26.1. The Hall–Kier alpha value is -3.77. The van der Waals surface area contributed by atoms with Crippen LogP contribution in [-0.4, -0.2) is 22.5 Å². The Bertz CT molecular complexity index is 1500. The fourth-order valence-electron chi connectivity index (χ4n) is 5.39. The minimum absolute atomic E-state index is 0.0509. The maximum Gasteiger partial charge on any atom is 0.418 e. The molecule has 1 heterocycles. The molecule has 1 aromatic heterocycles. The smallest absolute Gasteiger partial charge is 0.418 e. The van der Waals surface area contributed by atoms with Crippen LogP contribution in [0.3, 0.4) is 0 Å². The number of anilines is 1. The molecule has 9 heteroatoms. The Morgan fingerprint density at radius 2 is 1.73 bits per heavy atom. The summed E-state index contributed by atoms with van der Waals surface area (Å²) in [5.41, 5.74) is 1.04. The highest BCUT2D eigenvalue weighted by molar-refractivity contribution is 7.80. The topological polar surface area (TPSA) is 66.2 Å². The van der Waals surface area contributed by atoms with E-state index in [0.717, 1.165) is 55.9 Å². The second-order valence-electron chi connectivity index (χ2n) is 11.6. The molecule has 0 unspecified atom stereocenters. The highest BCUT2D eigenvalue weighted by Crippen LogP contribution is 2.40. The Morgan fingerprint density at radius 1 is 1.05 bits per heavy atom. The highest BCUT2D eigenvalue weighted by atomic mass is 32.1. The number of rotatable bonds is 13. The number of carbonyl (C=O) groups excluding carboxylic acids is 1. The van der Waals surface area contributed by atoms with E-state index in [0.29, 0.717) is 13.0 Å². The molecule has 3 rings (SSSR count). The number of carbonyl (C=O) groups is 1. The van der Waals surface area contributed by atoms with Crippen molar-refractivity contribution >= 4 is 28.8 Å². The third kappa shape index (κ3) is 8.66. The van der Waals surface area contributed by atoms with Gasteiger partial charge < -0.3 is 4.74 Å². The number of thiocarbonyl (C=S) groups is 1. The summed E-state index contributed by atoms with van der Waals surface area (Å²) in [5, 5.41) is 9.23. The minimum atomic E-state index is -4.74. The lowest BCUT2D eigenvalue weighted by Gasteiger charge is -2.33. The van der Waals surface area contributed by atoms with Crippen LogP contribution in [0.15, 0.2) is 54.9 Å². The van der Waals surface area contributed by atoms with Crippen LogP contribution in [-0.2, 0) is 17.4 Å². The number of ether oxygens (including phenoxy) is 1. The molecule has 44 heavy (non-hydrogen) atoms. The first-order chi connectivity index (χ1) is 20.8. The van der Waals surface area contributed by atoms with Gasteiger partial charge in [-0.2, -0.15) is 18.4 Å². The van der Waals surface area contributed by atoms with Crippen LogP contribution in [0.2, 0.25) is 0 Å². The van der Waals surface area contributed by atoms with Crippen LogP contribution in [0, 0.1) is 23.7 Å². The molecular weight excluding hydrogens is 583 g/mol. The predicted molar refractivity (Wildman–Crippen MR) is 173 cm³/mol. The molecule has 0 aliphatic heterocycles. The maximum atomic E-state index is 13.8. The Morgan fingerprint density at radius 3 is 2.34 bits per heavy atom. The molecule has 0 spiro atoms. The number of amides is 1. The number of benzene rings is 2. The number of hydrogen-bond donors (Lipinski definition) is 0. The molecule has 5 nitrogen and oxygen atoms in total. The Balaban J connectivity index is 1.56. The van der Waals surface area contributed by atoms with Crippen molar-refractivity contribution in [1.82, 2.24) is 4.98 Å². The second-order valence-corrected chi connectivity index (χ2v) is 12.2. The minimum Gasteiger partial charge on any atom is -0.494 e. The SMILES string of the molecule is CCCc1cc(OCCCCCCC(C)(C)C(=O)N(C(C)=S)c2ccc(C#N)c(C(F)(F)F)c2C)ccc1-c1ccncc1. The van der Waals surface area contributed by atoms with Gasteiger partial charge in [-0.3, -0.25) is 14.7 Å². The van der Waals surface area contributed by atoms with Gasteiger partial charge in [-0.15, -0.1) is 0 Å². The zero-order valence-corrected chi connectivity index (χ0v) is 26.9. The molecule has 0 atom stereocenters. The molecule has 0 saturated carbocycles. The average molecular weight is 624 g/mol. The van der Waals surface area contributed by atoms with Gasteiger partial charge in [0, 0.05) is 17.8 Å². The molecule has 0 aliphatic carbocycles. The molecule has 2 aromatic carbocycles. The summed E-state index contributed by atoms with van der Waals surface area (Å²) < 4.78 is 47.4. The monoisotopic (exact) mass is 623 g/mol. The van der Waals surface area contributed by atoms with Crippen LogP contribution >= 0.6 is 12.2 Å². The van der Waals surface area contributed by atoms with Crippen LogP contribution in [0.1, 0.15) is 88.5 Å². The summed E-state index contributed by atoms with van der Waals surface area (Å²) in [4.78, 5) is 19.1. The van der Waals surface area contributed by atoms with Crippen molar-refractivity contribution in [1.29, 1.82) is 5.26 Å². The molecule has 234 valence electrons. The average Bonchev–Trinajstić information content (AvgIpc) is 2.97. The van der Waals surface area contributed by atoms with E-state index in [1.807, 2.05) is 18.2 Å². The quantitative estimate of drug-likeness (QED) is 0.140. The van der Waals surface area contributed by atoms with Gasteiger partial charge in [0.25, 0.3) is 0 Å². The second kappa shape index (κ2) is 15.3. The summed E-state index contributed by atoms with van der Waals surface area (Å²) in [7, 11) is 0. The highest BCUT2D eigenvalue weighted by Gasteiger charge is 2.39. The Kier molecular flexibility index (Phi) is 12.1. The van der Waals surface area contributed by atoms with Gasteiger partial charge in [-0.1, -0.05) is 64.7 Å². The number of alkyl halides is 3. The van der Waals surface area contributed by atoms with Crippen molar-refractivity contribution in [2.24, 2.45) is 5.41 Å². The fourth-order valence-corrected chi connectivity index (χ4v) is 5.58. The predicted octanol–water partition coefficient (Wildman–Crippen LogP) is 9.64. The maximum absolute atomic E-state index is 13.8. The molecule has 0 bridgehead atoms. The van der Waals surface area contributed by atoms with Gasteiger partial charge in [0.2, 0.25) is 5.91 Å². The molecule has 0 N–H and O–H groups in total. The number of hydrogen-bond acceptors (Lipinski definition) is 5. The van der Waals surface area contributed by atoms with Crippen LogP contribution in [0.4, 0.5) is 18.9 Å². The van der Waals surface area contributed by atoms with Gasteiger partial charge in [0.15, 0.2) is 0 Å². The first kappa shape index (κ1) is 34.7.